The van der Waals surface area contributed by atoms with Gasteiger partial charge in [0, 0.05) is 0 Å². The topological polar surface area (TPSA) is 60.7 Å². The van der Waals surface area contributed by atoms with Gasteiger partial charge in [-0.1, -0.05) is 13.0 Å². The minimum Gasteiger partial charge on any atom is -0.508 e. The lowest BCUT2D eigenvalue weighted by Gasteiger charge is -2.49. The molecule has 3 aliphatic rings. The Labute approximate surface area is 125 Å². The summed E-state index contributed by atoms with van der Waals surface area (Å²) in [5, 5.41) is 30.2. The lowest BCUT2D eigenvalue weighted by Crippen LogP contribution is -2.44. The second-order valence-corrected chi connectivity index (χ2v) is 7.59. The molecule has 2 fully saturated rings. The molecule has 0 radical (unpaired) electrons. The molecule has 3 aliphatic carbocycles. The SMILES string of the molecule is C[C@]12CC[C@H]3c4ccc(O)cc4CC[C@H]3[C@@H]1C[C@H](O)[C@@H]2O. The zero-order valence-electron chi connectivity index (χ0n) is 12.5. The lowest BCUT2D eigenvalue weighted by atomic mass is 9.55. The number of aliphatic hydroxyl groups excluding tert-OH is 2. The fourth-order valence-corrected chi connectivity index (χ4v) is 5.56. The first-order valence-corrected chi connectivity index (χ1v) is 8.18. The molecule has 3 heteroatoms. The van der Waals surface area contributed by atoms with Gasteiger partial charge in [-0.3, -0.25) is 0 Å². The molecule has 0 saturated heterocycles. The smallest absolute Gasteiger partial charge is 0.115 e. The number of rotatable bonds is 0. The van der Waals surface area contributed by atoms with Gasteiger partial charge in [0.05, 0.1) is 12.2 Å². The van der Waals surface area contributed by atoms with Crippen molar-refractivity contribution < 1.29 is 15.3 Å². The fraction of sp³-hybridized carbons (Fsp3) is 0.667. The Morgan fingerprint density at radius 3 is 2.81 bits per heavy atom. The van der Waals surface area contributed by atoms with Gasteiger partial charge in [-0.2, -0.15) is 0 Å². The van der Waals surface area contributed by atoms with Gasteiger partial charge in [-0.15, -0.1) is 0 Å². The van der Waals surface area contributed by atoms with E-state index in [-0.39, 0.29) is 5.41 Å². The van der Waals surface area contributed by atoms with Crippen LogP contribution in [0.25, 0.3) is 0 Å². The van der Waals surface area contributed by atoms with Crippen molar-refractivity contribution in [2.45, 2.75) is 57.2 Å². The van der Waals surface area contributed by atoms with Crippen LogP contribution in [0.5, 0.6) is 5.75 Å². The van der Waals surface area contributed by atoms with Crippen molar-refractivity contribution in [2.75, 3.05) is 0 Å². The monoisotopic (exact) mass is 288 g/mol. The van der Waals surface area contributed by atoms with Gasteiger partial charge in [0.25, 0.3) is 0 Å². The average molecular weight is 288 g/mol. The molecule has 0 aliphatic heterocycles. The van der Waals surface area contributed by atoms with Crippen LogP contribution in [0.4, 0.5) is 0 Å². The van der Waals surface area contributed by atoms with Crippen molar-refractivity contribution in [3.05, 3.63) is 29.3 Å². The predicted molar refractivity (Wildman–Crippen MR) is 80.1 cm³/mol. The highest BCUT2D eigenvalue weighted by atomic mass is 16.3. The van der Waals surface area contributed by atoms with Crippen LogP contribution in [0.2, 0.25) is 0 Å². The molecule has 1 aromatic rings. The molecule has 1 aromatic carbocycles. The van der Waals surface area contributed by atoms with Crippen molar-refractivity contribution in [1.82, 2.24) is 0 Å². The average Bonchev–Trinajstić information content (AvgIpc) is 2.70. The van der Waals surface area contributed by atoms with Crippen molar-refractivity contribution in [1.29, 1.82) is 0 Å². The molecule has 0 unspecified atom stereocenters. The van der Waals surface area contributed by atoms with Crippen LogP contribution in [-0.4, -0.2) is 27.5 Å². The van der Waals surface area contributed by atoms with Gasteiger partial charge in [-0.25, -0.2) is 0 Å². The first-order chi connectivity index (χ1) is 10.0. The minimum absolute atomic E-state index is 0.116. The van der Waals surface area contributed by atoms with Gasteiger partial charge < -0.3 is 15.3 Å². The highest BCUT2D eigenvalue weighted by Crippen LogP contribution is 2.60. The van der Waals surface area contributed by atoms with Crippen LogP contribution in [0, 0.1) is 17.3 Å². The largest absolute Gasteiger partial charge is 0.508 e. The van der Waals surface area contributed by atoms with Gasteiger partial charge in [0.15, 0.2) is 0 Å². The summed E-state index contributed by atoms with van der Waals surface area (Å²) in [7, 11) is 0. The molecule has 3 nitrogen and oxygen atoms in total. The normalized spacial score (nSPS) is 44.8. The van der Waals surface area contributed by atoms with Gasteiger partial charge in [0.2, 0.25) is 0 Å². The Balaban J connectivity index is 1.71. The van der Waals surface area contributed by atoms with Crippen LogP contribution in [0.3, 0.4) is 0 Å². The summed E-state index contributed by atoms with van der Waals surface area (Å²) in [6.45, 7) is 2.17. The Hall–Kier alpha value is -1.06. The zero-order valence-corrected chi connectivity index (χ0v) is 12.5. The van der Waals surface area contributed by atoms with E-state index in [1.165, 1.54) is 11.1 Å². The number of hydrogen-bond donors (Lipinski definition) is 3. The Morgan fingerprint density at radius 1 is 1.19 bits per heavy atom. The summed E-state index contributed by atoms with van der Waals surface area (Å²) in [6, 6.07) is 5.80. The van der Waals surface area contributed by atoms with Gasteiger partial charge in [-0.05, 0) is 78.5 Å². The Kier molecular flexibility index (Phi) is 2.89. The molecular weight excluding hydrogens is 264 g/mol. The zero-order chi connectivity index (χ0) is 14.8. The molecule has 0 amide bonds. The molecule has 0 spiro atoms. The summed E-state index contributed by atoms with van der Waals surface area (Å²) < 4.78 is 0. The van der Waals surface area contributed by atoms with E-state index in [4.69, 9.17) is 0 Å². The molecule has 2 saturated carbocycles. The van der Waals surface area contributed by atoms with E-state index >= 15 is 0 Å². The standard InChI is InChI=1S/C18H24O3/c1-18-7-6-13-12-5-3-11(19)8-10(12)2-4-14(13)15(18)9-16(20)17(18)21/h3,5,8,13-17,19-21H,2,4,6-7,9H2,1H3/t13-,14+,15-,16-,17-,18-/m0/s1. The van der Waals surface area contributed by atoms with Crippen molar-refractivity contribution in [2.24, 2.45) is 17.3 Å². The Bertz CT molecular complexity index is 570. The lowest BCUT2D eigenvalue weighted by molar-refractivity contribution is -0.0505. The van der Waals surface area contributed by atoms with E-state index in [2.05, 4.69) is 13.0 Å². The second kappa shape index (κ2) is 4.47. The number of fused-ring (bicyclic) bond motifs is 5. The second-order valence-electron chi connectivity index (χ2n) is 7.59. The molecule has 0 heterocycles. The fourth-order valence-electron chi connectivity index (χ4n) is 5.56. The van der Waals surface area contributed by atoms with Crippen LogP contribution < -0.4 is 0 Å². The third-order valence-electron chi connectivity index (χ3n) is 6.68. The summed E-state index contributed by atoms with van der Waals surface area (Å²) in [5.41, 5.74) is 2.57. The number of aromatic hydroxyl groups is 1. The molecule has 3 N–H and O–H groups in total. The third-order valence-corrected chi connectivity index (χ3v) is 6.68. The molecule has 0 bridgehead atoms. The highest BCUT2D eigenvalue weighted by molar-refractivity contribution is 5.40. The van der Waals surface area contributed by atoms with E-state index in [0.29, 0.717) is 23.5 Å². The number of benzene rings is 1. The van der Waals surface area contributed by atoms with Crippen LogP contribution >= 0.6 is 0 Å². The number of aliphatic hydroxyl groups is 2. The molecule has 114 valence electrons. The third kappa shape index (κ3) is 1.80. The summed E-state index contributed by atoms with van der Waals surface area (Å²) in [4.78, 5) is 0. The van der Waals surface area contributed by atoms with Crippen LogP contribution in [0.1, 0.15) is 49.7 Å². The van der Waals surface area contributed by atoms with Gasteiger partial charge >= 0.3 is 0 Å². The summed E-state index contributed by atoms with van der Waals surface area (Å²) in [5.74, 6) is 1.88. The number of phenolic OH excluding ortho intramolecular Hbond substituents is 1. The van der Waals surface area contributed by atoms with Crippen LogP contribution in [-0.2, 0) is 6.42 Å². The summed E-state index contributed by atoms with van der Waals surface area (Å²) >= 11 is 0. The molecule has 0 aromatic heterocycles. The number of phenols is 1. The molecule has 4 rings (SSSR count). The first kappa shape index (κ1) is 13.6. The maximum Gasteiger partial charge on any atom is 0.115 e. The quantitative estimate of drug-likeness (QED) is 0.687. The maximum absolute atomic E-state index is 10.4. The first-order valence-electron chi connectivity index (χ1n) is 8.18. The molecule has 21 heavy (non-hydrogen) atoms. The van der Waals surface area contributed by atoms with Crippen molar-refractivity contribution in [3.63, 3.8) is 0 Å². The van der Waals surface area contributed by atoms with Crippen molar-refractivity contribution >= 4 is 0 Å². The summed E-state index contributed by atoms with van der Waals surface area (Å²) in [6.07, 6.45) is 3.80. The van der Waals surface area contributed by atoms with E-state index < -0.39 is 12.2 Å². The van der Waals surface area contributed by atoms with E-state index in [9.17, 15) is 15.3 Å². The van der Waals surface area contributed by atoms with Gasteiger partial charge in [0.1, 0.15) is 5.75 Å². The van der Waals surface area contributed by atoms with E-state index in [1.54, 1.807) is 6.07 Å². The minimum atomic E-state index is -0.565. The van der Waals surface area contributed by atoms with Crippen LogP contribution in [0.15, 0.2) is 18.2 Å². The number of aryl methyl sites for hydroxylation is 1. The van der Waals surface area contributed by atoms with Crippen molar-refractivity contribution in [3.8, 4) is 5.75 Å². The Morgan fingerprint density at radius 2 is 2.00 bits per heavy atom. The molecule has 6 atom stereocenters. The predicted octanol–water partition coefficient (Wildman–Crippen LogP) is 2.58. The number of hydrogen-bond acceptors (Lipinski definition) is 3. The molecular formula is C18H24O3. The maximum atomic E-state index is 10.4. The van der Waals surface area contributed by atoms with E-state index in [0.717, 1.165) is 32.1 Å². The highest BCUT2D eigenvalue weighted by Gasteiger charge is 2.57. The van der Waals surface area contributed by atoms with E-state index in [1.807, 2.05) is 6.07 Å².